The highest BCUT2D eigenvalue weighted by molar-refractivity contribution is 5.97. The Labute approximate surface area is 190 Å². The van der Waals surface area contributed by atoms with Crippen LogP contribution in [0.25, 0.3) is 10.9 Å². The molecule has 33 heavy (non-hydrogen) atoms. The van der Waals surface area contributed by atoms with Gasteiger partial charge in [0.15, 0.2) is 0 Å². The number of H-pyrrole nitrogens is 1. The van der Waals surface area contributed by atoms with Crippen LogP contribution in [0.4, 0.5) is 5.69 Å². The smallest absolute Gasteiger partial charge is 0.354 e. The average Bonchev–Trinajstić information content (AvgIpc) is 3.16. The molecule has 0 atom stereocenters. The summed E-state index contributed by atoms with van der Waals surface area (Å²) in [5, 5.41) is 11.4. The van der Waals surface area contributed by atoms with Crippen molar-refractivity contribution in [1.82, 2.24) is 4.98 Å². The Bertz CT molecular complexity index is 1170. The minimum atomic E-state index is -0.579. The van der Waals surface area contributed by atoms with Crippen LogP contribution in [0, 0.1) is 10.1 Å². The molecule has 0 aliphatic heterocycles. The van der Waals surface area contributed by atoms with Gasteiger partial charge in [-0.25, -0.2) is 4.79 Å². The number of esters is 2. The van der Waals surface area contributed by atoms with E-state index in [0.29, 0.717) is 28.6 Å². The number of carbonyl (C=O) groups excluding carboxylic acids is 2. The molecule has 0 aliphatic rings. The van der Waals surface area contributed by atoms with Gasteiger partial charge in [-0.15, -0.1) is 0 Å². The van der Waals surface area contributed by atoms with Crippen LogP contribution in [0.3, 0.4) is 0 Å². The summed E-state index contributed by atoms with van der Waals surface area (Å²) < 4.78 is 16.1. The molecule has 1 N–H and O–H groups in total. The number of aromatic amines is 1. The normalized spacial score (nSPS) is 11.3. The number of aromatic nitrogens is 1. The molecule has 0 saturated heterocycles. The van der Waals surface area contributed by atoms with Gasteiger partial charge in [0.2, 0.25) is 0 Å². The third-order valence-electron chi connectivity index (χ3n) is 4.73. The highest BCUT2D eigenvalue weighted by Gasteiger charge is 2.19. The van der Waals surface area contributed by atoms with Crippen LogP contribution >= 0.6 is 0 Å². The predicted molar refractivity (Wildman–Crippen MR) is 121 cm³/mol. The second-order valence-electron chi connectivity index (χ2n) is 8.52. The molecule has 1 aromatic heterocycles. The third-order valence-corrected chi connectivity index (χ3v) is 4.73. The van der Waals surface area contributed by atoms with Crippen LogP contribution in [0.5, 0.6) is 5.75 Å². The summed E-state index contributed by atoms with van der Waals surface area (Å²) in [5.41, 5.74) is 1.82. The van der Waals surface area contributed by atoms with Crippen molar-refractivity contribution in [2.75, 3.05) is 13.7 Å². The van der Waals surface area contributed by atoms with Crippen molar-refractivity contribution < 1.29 is 28.7 Å². The maximum absolute atomic E-state index is 12.5. The fourth-order valence-corrected chi connectivity index (χ4v) is 3.31. The lowest BCUT2D eigenvalue weighted by Crippen LogP contribution is -2.24. The van der Waals surface area contributed by atoms with Crippen molar-refractivity contribution >= 4 is 28.5 Å². The van der Waals surface area contributed by atoms with Gasteiger partial charge < -0.3 is 19.2 Å². The van der Waals surface area contributed by atoms with Gasteiger partial charge in [0.05, 0.1) is 30.6 Å². The molecule has 3 rings (SSSR count). The fraction of sp³-hybridized carbons (Fsp3) is 0.333. The van der Waals surface area contributed by atoms with Gasteiger partial charge in [0.25, 0.3) is 5.69 Å². The van der Waals surface area contributed by atoms with Crippen LogP contribution in [0.1, 0.15) is 42.4 Å². The van der Waals surface area contributed by atoms with E-state index in [2.05, 4.69) is 4.98 Å². The van der Waals surface area contributed by atoms with Gasteiger partial charge in [-0.05, 0) is 50.1 Å². The minimum Gasteiger partial charge on any atom is -0.495 e. The van der Waals surface area contributed by atoms with E-state index in [1.54, 1.807) is 51.1 Å². The molecule has 0 bridgehead atoms. The highest BCUT2D eigenvalue weighted by atomic mass is 16.6. The van der Waals surface area contributed by atoms with Crippen molar-refractivity contribution in [3.05, 3.63) is 69.4 Å². The first kappa shape index (κ1) is 23.8. The summed E-state index contributed by atoms with van der Waals surface area (Å²) in [6.45, 7) is 5.54. The molecular weight excluding hydrogens is 428 g/mol. The van der Waals surface area contributed by atoms with Gasteiger partial charge >= 0.3 is 11.9 Å². The molecule has 174 valence electrons. The monoisotopic (exact) mass is 454 g/mol. The van der Waals surface area contributed by atoms with Gasteiger partial charge in [0.1, 0.15) is 17.0 Å². The van der Waals surface area contributed by atoms with Crippen molar-refractivity contribution in [2.24, 2.45) is 0 Å². The minimum absolute atomic E-state index is 0.00815. The number of fused-ring (bicyclic) bond motifs is 1. The van der Waals surface area contributed by atoms with Crippen LogP contribution in [0.15, 0.2) is 42.5 Å². The maximum atomic E-state index is 12.5. The zero-order valence-corrected chi connectivity index (χ0v) is 19.0. The second-order valence-corrected chi connectivity index (χ2v) is 8.52. The first-order valence-electron chi connectivity index (χ1n) is 10.4. The van der Waals surface area contributed by atoms with Crippen LogP contribution < -0.4 is 4.74 Å². The molecule has 9 heteroatoms. The molecule has 3 aromatic rings. The van der Waals surface area contributed by atoms with Crippen molar-refractivity contribution in [2.45, 2.75) is 39.2 Å². The van der Waals surface area contributed by atoms with Crippen LogP contribution in [-0.4, -0.2) is 41.2 Å². The molecule has 0 spiro atoms. The number of carbonyl (C=O) groups is 2. The van der Waals surface area contributed by atoms with E-state index in [0.717, 1.165) is 5.56 Å². The molecule has 0 amide bonds. The van der Waals surface area contributed by atoms with E-state index in [1.807, 2.05) is 0 Å². The lowest BCUT2D eigenvalue weighted by atomic mass is 10.1. The van der Waals surface area contributed by atoms with Gasteiger partial charge in [-0.3, -0.25) is 14.9 Å². The molecule has 0 radical (unpaired) electrons. The quantitative estimate of drug-likeness (QED) is 0.305. The molecule has 0 aliphatic carbocycles. The Morgan fingerprint density at radius 3 is 2.36 bits per heavy atom. The number of methoxy groups -OCH3 is 1. The first-order chi connectivity index (χ1) is 15.6. The van der Waals surface area contributed by atoms with Gasteiger partial charge in [-0.2, -0.15) is 0 Å². The number of nitro groups is 1. The van der Waals surface area contributed by atoms with Crippen molar-refractivity contribution in [3.63, 3.8) is 0 Å². The van der Waals surface area contributed by atoms with E-state index in [-0.39, 0.29) is 30.4 Å². The first-order valence-corrected chi connectivity index (χ1v) is 10.4. The molecule has 0 unspecified atom stereocenters. The summed E-state index contributed by atoms with van der Waals surface area (Å²) >= 11 is 0. The number of rotatable bonds is 8. The number of nitrogens with one attached hydrogen (secondary N) is 1. The van der Waals surface area contributed by atoms with Crippen molar-refractivity contribution in [3.8, 4) is 5.75 Å². The zero-order chi connectivity index (χ0) is 24.2. The Balaban J connectivity index is 1.68. The Morgan fingerprint density at radius 1 is 1.06 bits per heavy atom. The standard InChI is InChI=1S/C24H26N2O7/c1-24(2,3)33-21(27)13-16-11-17-14-19(25-22(17)20(12-16)31-4)23(28)32-10-9-15-5-7-18(8-6-15)26(29)30/h5-8,11-12,14,25H,9-10,13H2,1-4H3. The number of nitrogens with zero attached hydrogens (tertiary/aromatic N) is 1. The number of hydrogen-bond acceptors (Lipinski definition) is 7. The lowest BCUT2D eigenvalue weighted by Gasteiger charge is -2.19. The molecule has 9 nitrogen and oxygen atoms in total. The van der Waals surface area contributed by atoms with Crippen molar-refractivity contribution in [1.29, 1.82) is 0 Å². The second kappa shape index (κ2) is 9.72. The van der Waals surface area contributed by atoms with E-state index in [1.165, 1.54) is 19.2 Å². The van der Waals surface area contributed by atoms with Crippen LogP contribution in [0.2, 0.25) is 0 Å². The van der Waals surface area contributed by atoms with Crippen LogP contribution in [-0.2, 0) is 27.1 Å². The van der Waals surface area contributed by atoms with E-state index < -0.39 is 16.5 Å². The number of benzene rings is 2. The number of nitro benzene ring substituents is 1. The SMILES string of the molecule is COc1cc(CC(=O)OC(C)(C)C)cc2cc(C(=O)OCCc3ccc([N+](=O)[O-])cc3)[nH]c12. The average molecular weight is 454 g/mol. The highest BCUT2D eigenvalue weighted by Crippen LogP contribution is 2.29. The molecule has 2 aromatic carbocycles. The third kappa shape index (κ3) is 6.31. The summed E-state index contributed by atoms with van der Waals surface area (Å²) in [7, 11) is 1.51. The Hall–Kier alpha value is -3.88. The largest absolute Gasteiger partial charge is 0.495 e. The zero-order valence-electron chi connectivity index (χ0n) is 19.0. The molecule has 1 heterocycles. The summed E-state index contributed by atoms with van der Waals surface area (Å²) in [6, 6.07) is 11.3. The topological polar surface area (TPSA) is 121 Å². The summed E-state index contributed by atoms with van der Waals surface area (Å²) in [4.78, 5) is 38.0. The summed E-state index contributed by atoms with van der Waals surface area (Å²) in [6.07, 6.45) is 0.497. The number of hydrogen-bond donors (Lipinski definition) is 1. The Kier molecular flexibility index (Phi) is 7.01. The Morgan fingerprint density at radius 2 is 1.76 bits per heavy atom. The number of non-ortho nitro benzene ring substituents is 1. The predicted octanol–water partition coefficient (Wildman–Crippen LogP) is 4.37. The molecule has 0 fully saturated rings. The fourth-order valence-electron chi connectivity index (χ4n) is 3.31. The number of ether oxygens (including phenoxy) is 3. The lowest BCUT2D eigenvalue weighted by molar-refractivity contribution is -0.384. The van der Waals surface area contributed by atoms with E-state index >= 15 is 0 Å². The molecular formula is C24H26N2O7. The molecule has 0 saturated carbocycles. The van der Waals surface area contributed by atoms with Gasteiger partial charge in [-0.1, -0.05) is 12.1 Å². The van der Waals surface area contributed by atoms with E-state index in [9.17, 15) is 19.7 Å². The van der Waals surface area contributed by atoms with Gasteiger partial charge in [0, 0.05) is 23.9 Å². The van der Waals surface area contributed by atoms with E-state index in [4.69, 9.17) is 14.2 Å². The summed E-state index contributed by atoms with van der Waals surface area (Å²) in [5.74, 6) is -0.398. The maximum Gasteiger partial charge on any atom is 0.354 e.